The van der Waals surface area contributed by atoms with Gasteiger partial charge in [-0.3, -0.25) is 9.69 Å². The molecule has 0 aliphatic carbocycles. The van der Waals surface area contributed by atoms with Crippen LogP contribution >= 0.6 is 0 Å². The fourth-order valence-corrected chi connectivity index (χ4v) is 2.99. The predicted molar refractivity (Wildman–Crippen MR) is 97.7 cm³/mol. The van der Waals surface area contributed by atoms with E-state index in [1.54, 1.807) is 17.0 Å². The van der Waals surface area contributed by atoms with Crippen LogP contribution in [0.5, 0.6) is 0 Å². The van der Waals surface area contributed by atoms with Gasteiger partial charge in [-0.1, -0.05) is 36.4 Å². The lowest BCUT2D eigenvalue weighted by molar-refractivity contribution is -0.137. The van der Waals surface area contributed by atoms with Gasteiger partial charge in [-0.15, -0.1) is 0 Å². The fraction of sp³-hybridized carbons (Fsp3) is 0.0476. The van der Waals surface area contributed by atoms with Crippen molar-refractivity contribution < 1.29 is 18.0 Å². The van der Waals surface area contributed by atoms with E-state index in [9.17, 15) is 18.0 Å². The van der Waals surface area contributed by atoms with Crippen molar-refractivity contribution in [3.63, 3.8) is 0 Å². The van der Waals surface area contributed by atoms with Gasteiger partial charge in [-0.25, -0.2) is 4.99 Å². The number of carbonyl (C=O) groups is 1. The Kier molecular flexibility index (Phi) is 4.03. The van der Waals surface area contributed by atoms with Crippen molar-refractivity contribution in [2.75, 3.05) is 4.90 Å². The van der Waals surface area contributed by atoms with Crippen molar-refractivity contribution in [1.82, 2.24) is 0 Å². The molecule has 0 bridgehead atoms. The Hall–Kier alpha value is -3.41. The lowest BCUT2D eigenvalue weighted by Crippen LogP contribution is -2.25. The van der Waals surface area contributed by atoms with Gasteiger partial charge in [-0.05, 0) is 42.5 Å². The van der Waals surface area contributed by atoms with Gasteiger partial charge in [0, 0.05) is 11.3 Å². The molecule has 6 heteroatoms. The third-order valence-corrected chi connectivity index (χ3v) is 4.26. The largest absolute Gasteiger partial charge is 0.416 e. The standard InChI is InChI=1S/C21H13F3N2O/c22-21(23,24)14-10-12-15(13-11-14)25-19-17-8-4-5-9-18(17)26(20(19)27)16-6-2-1-3-7-16/h1-13H/b25-19-. The number of anilines is 2. The van der Waals surface area contributed by atoms with Gasteiger partial charge in [0.1, 0.15) is 5.71 Å². The zero-order chi connectivity index (χ0) is 19.0. The molecule has 0 atom stereocenters. The van der Waals surface area contributed by atoms with E-state index >= 15 is 0 Å². The van der Waals surface area contributed by atoms with E-state index in [2.05, 4.69) is 4.99 Å². The molecule has 3 aromatic rings. The summed E-state index contributed by atoms with van der Waals surface area (Å²) in [5.41, 5.74) is 1.78. The molecular formula is C21H13F3N2O. The number of para-hydroxylation sites is 2. The Balaban J connectivity index is 1.77. The summed E-state index contributed by atoms with van der Waals surface area (Å²) in [6.45, 7) is 0. The van der Waals surface area contributed by atoms with E-state index in [0.29, 0.717) is 16.9 Å². The first kappa shape index (κ1) is 17.0. The third kappa shape index (κ3) is 3.10. The topological polar surface area (TPSA) is 32.7 Å². The number of aliphatic imine (C=N–C) groups is 1. The maximum absolute atomic E-state index is 13.0. The number of rotatable bonds is 2. The summed E-state index contributed by atoms with van der Waals surface area (Å²) in [6, 6.07) is 20.8. The second-order valence-corrected chi connectivity index (χ2v) is 6.00. The molecule has 0 N–H and O–H groups in total. The van der Waals surface area contributed by atoms with E-state index in [0.717, 1.165) is 12.1 Å². The lowest BCUT2D eigenvalue weighted by Gasteiger charge is -2.16. The highest BCUT2D eigenvalue weighted by atomic mass is 19.4. The summed E-state index contributed by atoms with van der Waals surface area (Å²) in [4.78, 5) is 18.9. The number of amides is 1. The summed E-state index contributed by atoms with van der Waals surface area (Å²) in [7, 11) is 0. The van der Waals surface area contributed by atoms with Crippen LogP contribution in [0, 0.1) is 0 Å². The number of carbonyl (C=O) groups excluding carboxylic acids is 1. The van der Waals surface area contributed by atoms with Crippen LogP contribution in [0.3, 0.4) is 0 Å². The van der Waals surface area contributed by atoms with Crippen molar-refractivity contribution in [2.45, 2.75) is 6.18 Å². The van der Waals surface area contributed by atoms with Gasteiger partial charge in [-0.2, -0.15) is 13.2 Å². The minimum absolute atomic E-state index is 0.203. The second kappa shape index (κ2) is 6.39. The number of hydrogen-bond acceptors (Lipinski definition) is 2. The highest BCUT2D eigenvalue weighted by Gasteiger charge is 2.35. The highest BCUT2D eigenvalue weighted by molar-refractivity contribution is 6.56. The summed E-state index contributed by atoms with van der Waals surface area (Å²) in [5, 5.41) is 0. The average molecular weight is 366 g/mol. The van der Waals surface area contributed by atoms with Crippen LogP contribution in [0.15, 0.2) is 83.9 Å². The summed E-state index contributed by atoms with van der Waals surface area (Å²) >= 11 is 0. The van der Waals surface area contributed by atoms with Crippen LogP contribution in [0.4, 0.5) is 30.2 Å². The monoisotopic (exact) mass is 366 g/mol. The number of fused-ring (bicyclic) bond motifs is 1. The molecule has 1 aliphatic heterocycles. The van der Waals surface area contributed by atoms with Gasteiger partial charge >= 0.3 is 6.18 Å². The molecule has 0 radical (unpaired) electrons. The molecule has 1 amide bonds. The molecule has 0 fully saturated rings. The molecule has 4 rings (SSSR count). The number of hydrogen-bond donors (Lipinski definition) is 0. The van der Waals surface area contributed by atoms with E-state index in [1.165, 1.54) is 12.1 Å². The zero-order valence-electron chi connectivity index (χ0n) is 13.9. The number of halogens is 3. The maximum atomic E-state index is 13.0. The van der Waals surface area contributed by atoms with Crippen LogP contribution < -0.4 is 4.90 Å². The Bertz CT molecular complexity index is 1030. The summed E-state index contributed by atoms with van der Waals surface area (Å²) < 4.78 is 38.2. The minimum Gasteiger partial charge on any atom is -0.275 e. The molecule has 27 heavy (non-hydrogen) atoms. The number of benzene rings is 3. The first-order valence-corrected chi connectivity index (χ1v) is 8.20. The number of nitrogens with zero attached hydrogens (tertiary/aromatic N) is 2. The van der Waals surface area contributed by atoms with Crippen molar-refractivity contribution in [1.29, 1.82) is 0 Å². The highest BCUT2D eigenvalue weighted by Crippen LogP contribution is 2.37. The van der Waals surface area contributed by atoms with Gasteiger partial charge < -0.3 is 0 Å². The van der Waals surface area contributed by atoms with Gasteiger partial charge in [0.25, 0.3) is 5.91 Å². The van der Waals surface area contributed by atoms with Crippen LogP contribution in [-0.4, -0.2) is 11.6 Å². The molecule has 1 heterocycles. The van der Waals surface area contributed by atoms with Crippen LogP contribution in [0.25, 0.3) is 0 Å². The first-order valence-electron chi connectivity index (χ1n) is 8.20. The van der Waals surface area contributed by atoms with Crippen molar-refractivity contribution in [2.24, 2.45) is 4.99 Å². The van der Waals surface area contributed by atoms with Crippen LogP contribution in [0.1, 0.15) is 11.1 Å². The predicted octanol–water partition coefficient (Wildman–Crippen LogP) is 5.50. The molecular weight excluding hydrogens is 353 g/mol. The minimum atomic E-state index is -4.41. The third-order valence-electron chi connectivity index (χ3n) is 4.26. The van der Waals surface area contributed by atoms with Crippen molar-refractivity contribution in [3.8, 4) is 0 Å². The van der Waals surface area contributed by atoms with Crippen LogP contribution in [0.2, 0.25) is 0 Å². The summed E-state index contributed by atoms with van der Waals surface area (Å²) in [6.07, 6.45) is -4.41. The average Bonchev–Trinajstić information content (AvgIpc) is 2.94. The maximum Gasteiger partial charge on any atom is 0.416 e. The molecule has 1 aliphatic rings. The first-order chi connectivity index (χ1) is 12.9. The molecule has 0 saturated carbocycles. The van der Waals surface area contributed by atoms with Crippen molar-refractivity contribution in [3.05, 3.63) is 90.0 Å². The van der Waals surface area contributed by atoms with Gasteiger partial charge in [0.2, 0.25) is 0 Å². The molecule has 3 aromatic carbocycles. The Morgan fingerprint density at radius 3 is 2.07 bits per heavy atom. The molecule has 0 spiro atoms. The molecule has 0 unspecified atom stereocenters. The Morgan fingerprint density at radius 1 is 0.778 bits per heavy atom. The van der Waals surface area contributed by atoms with E-state index in [-0.39, 0.29) is 17.3 Å². The van der Waals surface area contributed by atoms with E-state index in [1.807, 2.05) is 42.5 Å². The summed E-state index contributed by atoms with van der Waals surface area (Å²) in [5.74, 6) is -0.317. The molecule has 3 nitrogen and oxygen atoms in total. The molecule has 0 aromatic heterocycles. The fourth-order valence-electron chi connectivity index (χ4n) is 2.99. The normalized spacial score (nSPS) is 15.3. The van der Waals surface area contributed by atoms with E-state index < -0.39 is 11.7 Å². The van der Waals surface area contributed by atoms with Crippen molar-refractivity contribution >= 4 is 28.7 Å². The van der Waals surface area contributed by atoms with Crippen LogP contribution in [-0.2, 0) is 11.0 Å². The molecule has 134 valence electrons. The molecule has 0 saturated heterocycles. The Labute approximate surface area is 153 Å². The second-order valence-electron chi connectivity index (χ2n) is 6.00. The Morgan fingerprint density at radius 2 is 1.41 bits per heavy atom. The quantitative estimate of drug-likeness (QED) is 0.589. The van der Waals surface area contributed by atoms with E-state index in [4.69, 9.17) is 0 Å². The zero-order valence-corrected chi connectivity index (χ0v) is 13.9. The SMILES string of the molecule is O=C1/C(=N\c2ccc(C(F)(F)F)cc2)c2ccccc2N1c1ccccc1. The van der Waals surface area contributed by atoms with Gasteiger partial charge in [0.05, 0.1) is 16.9 Å². The number of alkyl halides is 3. The lowest BCUT2D eigenvalue weighted by atomic mass is 10.1. The van der Waals surface area contributed by atoms with Gasteiger partial charge in [0.15, 0.2) is 0 Å². The smallest absolute Gasteiger partial charge is 0.275 e.